The molecule has 0 amide bonds. The summed E-state index contributed by atoms with van der Waals surface area (Å²) in [5.41, 5.74) is 1.07. The van der Waals surface area contributed by atoms with E-state index in [1.54, 1.807) is 18.0 Å². The summed E-state index contributed by atoms with van der Waals surface area (Å²) >= 11 is 1.57. The second-order valence-corrected chi connectivity index (χ2v) is 4.05. The predicted octanol–water partition coefficient (Wildman–Crippen LogP) is 2.06. The summed E-state index contributed by atoms with van der Waals surface area (Å²) in [6.07, 6.45) is 2.93. The van der Waals surface area contributed by atoms with Crippen molar-refractivity contribution in [3.63, 3.8) is 0 Å². The third kappa shape index (κ3) is 2.95. The molecule has 0 saturated heterocycles. The highest BCUT2D eigenvalue weighted by Crippen LogP contribution is 2.18. The van der Waals surface area contributed by atoms with Crippen LogP contribution in [0, 0.1) is 0 Å². The molecule has 0 aliphatic rings. The van der Waals surface area contributed by atoms with Crippen LogP contribution in [0.5, 0.6) is 0 Å². The smallest absolute Gasteiger partial charge is 0.267 e. The molecule has 0 spiro atoms. The number of nitrogens with zero attached hydrogens (tertiary/aromatic N) is 1. The molecule has 0 fully saturated rings. The zero-order valence-corrected chi connectivity index (χ0v) is 8.83. The monoisotopic (exact) mass is 218 g/mol. The van der Waals surface area contributed by atoms with Crippen LogP contribution in [0.4, 0.5) is 0 Å². The first kappa shape index (κ1) is 9.98. The minimum absolute atomic E-state index is 0.159. The van der Waals surface area contributed by atoms with Gasteiger partial charge in [0.05, 0.1) is 17.4 Å². The lowest BCUT2D eigenvalue weighted by atomic mass is 10.2. The molecule has 0 bridgehead atoms. The highest BCUT2D eigenvalue weighted by molar-refractivity contribution is 7.98. The molecule has 4 heteroatoms. The van der Waals surface area contributed by atoms with Crippen molar-refractivity contribution in [1.29, 1.82) is 0 Å². The van der Waals surface area contributed by atoms with Gasteiger partial charge in [-0.3, -0.25) is 9.78 Å². The fraction of sp³-hybridized carbons (Fsp3) is 0.0909. The molecule has 1 aromatic carbocycles. The van der Waals surface area contributed by atoms with Gasteiger partial charge in [-0.1, -0.05) is 30.3 Å². The van der Waals surface area contributed by atoms with E-state index in [1.165, 1.54) is 11.8 Å². The van der Waals surface area contributed by atoms with Gasteiger partial charge in [-0.2, -0.15) is 0 Å². The second-order valence-electron chi connectivity index (χ2n) is 3.04. The average molecular weight is 218 g/mol. The van der Waals surface area contributed by atoms with Crippen LogP contribution in [0.3, 0.4) is 0 Å². The SMILES string of the molecule is O=c1cncc(SCc2ccccc2)[nH]1. The van der Waals surface area contributed by atoms with Crippen LogP contribution in [0.2, 0.25) is 0 Å². The molecule has 0 saturated carbocycles. The van der Waals surface area contributed by atoms with Crippen LogP contribution in [-0.2, 0) is 5.75 Å². The van der Waals surface area contributed by atoms with Crippen LogP contribution in [0.15, 0.2) is 52.5 Å². The molecule has 0 unspecified atom stereocenters. The van der Waals surface area contributed by atoms with Gasteiger partial charge in [-0.25, -0.2) is 0 Å². The molecule has 1 heterocycles. The normalized spacial score (nSPS) is 10.1. The summed E-state index contributed by atoms with van der Waals surface area (Å²) in [5.74, 6) is 0.836. The molecule has 15 heavy (non-hydrogen) atoms. The van der Waals surface area contributed by atoms with Crippen molar-refractivity contribution in [3.05, 3.63) is 58.6 Å². The first-order chi connectivity index (χ1) is 7.34. The Kier molecular flexibility index (Phi) is 3.19. The zero-order valence-electron chi connectivity index (χ0n) is 8.01. The average Bonchev–Trinajstić information content (AvgIpc) is 2.28. The quantitative estimate of drug-likeness (QED) is 0.802. The van der Waals surface area contributed by atoms with Crippen molar-refractivity contribution >= 4 is 11.8 Å². The van der Waals surface area contributed by atoms with Crippen molar-refractivity contribution < 1.29 is 0 Å². The number of thioether (sulfide) groups is 1. The molecule has 1 aromatic heterocycles. The van der Waals surface area contributed by atoms with Crippen LogP contribution in [0.1, 0.15) is 5.56 Å². The van der Waals surface area contributed by atoms with Crippen LogP contribution >= 0.6 is 11.8 Å². The van der Waals surface area contributed by atoms with Crippen LogP contribution < -0.4 is 5.56 Å². The molecular weight excluding hydrogens is 208 g/mol. The van der Waals surface area contributed by atoms with Gasteiger partial charge in [0.15, 0.2) is 0 Å². The number of rotatable bonds is 3. The molecular formula is C11H10N2OS. The first-order valence-corrected chi connectivity index (χ1v) is 5.54. The molecule has 76 valence electrons. The fourth-order valence-corrected chi connectivity index (χ4v) is 1.99. The molecule has 0 aliphatic carbocycles. The molecule has 0 aliphatic heterocycles. The zero-order chi connectivity index (χ0) is 10.5. The van der Waals surface area contributed by atoms with E-state index in [-0.39, 0.29) is 5.56 Å². The van der Waals surface area contributed by atoms with E-state index in [1.807, 2.05) is 18.2 Å². The van der Waals surface area contributed by atoms with Crippen LogP contribution in [0.25, 0.3) is 0 Å². The first-order valence-electron chi connectivity index (χ1n) is 4.55. The Morgan fingerprint density at radius 2 is 2.00 bits per heavy atom. The van der Waals surface area contributed by atoms with E-state index in [4.69, 9.17) is 0 Å². The van der Waals surface area contributed by atoms with Gasteiger partial charge in [-0.15, -0.1) is 11.8 Å². The summed E-state index contributed by atoms with van der Waals surface area (Å²) in [6.45, 7) is 0. The second kappa shape index (κ2) is 4.79. The number of H-pyrrole nitrogens is 1. The summed E-state index contributed by atoms with van der Waals surface area (Å²) < 4.78 is 0. The van der Waals surface area contributed by atoms with Crippen molar-refractivity contribution in [1.82, 2.24) is 9.97 Å². The van der Waals surface area contributed by atoms with Crippen molar-refractivity contribution in [2.24, 2.45) is 0 Å². The number of hydrogen-bond acceptors (Lipinski definition) is 3. The fourth-order valence-electron chi connectivity index (χ4n) is 1.17. The third-order valence-electron chi connectivity index (χ3n) is 1.87. The van der Waals surface area contributed by atoms with Gasteiger partial charge < -0.3 is 4.98 Å². The molecule has 3 nitrogen and oxygen atoms in total. The van der Waals surface area contributed by atoms with E-state index in [2.05, 4.69) is 22.1 Å². The predicted molar refractivity (Wildman–Crippen MR) is 60.9 cm³/mol. The third-order valence-corrected chi connectivity index (χ3v) is 2.86. The minimum Gasteiger partial charge on any atom is -0.314 e. The lowest BCUT2D eigenvalue weighted by molar-refractivity contribution is 1.01. The van der Waals surface area contributed by atoms with Gasteiger partial charge in [0, 0.05) is 5.75 Å². The molecule has 1 N–H and O–H groups in total. The Labute approximate surface area is 91.6 Å². The topological polar surface area (TPSA) is 45.8 Å². The standard InChI is InChI=1S/C11H10N2OS/c14-10-6-12-7-11(13-10)15-8-9-4-2-1-3-5-9/h1-7H,8H2,(H,13,14). The summed E-state index contributed by atoms with van der Waals surface area (Å²) in [4.78, 5) is 17.5. The lowest BCUT2D eigenvalue weighted by Crippen LogP contribution is -2.05. The Hall–Kier alpha value is -1.55. The lowest BCUT2D eigenvalue weighted by Gasteiger charge is -2.00. The number of aromatic nitrogens is 2. The maximum atomic E-state index is 11.0. The molecule has 2 aromatic rings. The van der Waals surface area contributed by atoms with E-state index >= 15 is 0 Å². The molecule has 0 atom stereocenters. The van der Waals surface area contributed by atoms with E-state index < -0.39 is 0 Å². The summed E-state index contributed by atoms with van der Waals surface area (Å²) in [5, 5.41) is 0.798. The summed E-state index contributed by atoms with van der Waals surface area (Å²) in [6, 6.07) is 10.1. The minimum atomic E-state index is -0.159. The van der Waals surface area contributed by atoms with E-state index in [9.17, 15) is 4.79 Å². The van der Waals surface area contributed by atoms with Gasteiger partial charge in [-0.05, 0) is 5.56 Å². The molecule has 2 rings (SSSR count). The van der Waals surface area contributed by atoms with Gasteiger partial charge in [0.2, 0.25) is 0 Å². The largest absolute Gasteiger partial charge is 0.314 e. The maximum absolute atomic E-state index is 11.0. The van der Waals surface area contributed by atoms with Gasteiger partial charge in [0.1, 0.15) is 0 Å². The number of nitrogens with one attached hydrogen (secondary N) is 1. The van der Waals surface area contributed by atoms with Crippen molar-refractivity contribution in [2.45, 2.75) is 10.8 Å². The number of hydrogen-bond donors (Lipinski definition) is 1. The maximum Gasteiger partial charge on any atom is 0.267 e. The Morgan fingerprint density at radius 1 is 1.20 bits per heavy atom. The van der Waals surface area contributed by atoms with Gasteiger partial charge >= 0.3 is 0 Å². The highest BCUT2D eigenvalue weighted by atomic mass is 32.2. The van der Waals surface area contributed by atoms with Gasteiger partial charge in [0.25, 0.3) is 5.56 Å². The van der Waals surface area contributed by atoms with Crippen molar-refractivity contribution in [3.8, 4) is 0 Å². The summed E-state index contributed by atoms with van der Waals surface area (Å²) in [7, 11) is 0. The Balaban J connectivity index is 2.02. The highest BCUT2D eigenvalue weighted by Gasteiger charge is 1.96. The van der Waals surface area contributed by atoms with Crippen molar-refractivity contribution in [2.75, 3.05) is 0 Å². The Bertz CT molecular complexity index is 481. The van der Waals surface area contributed by atoms with E-state index in [0.717, 1.165) is 10.8 Å². The van der Waals surface area contributed by atoms with Crippen LogP contribution in [-0.4, -0.2) is 9.97 Å². The number of benzene rings is 1. The van der Waals surface area contributed by atoms with E-state index in [0.29, 0.717) is 0 Å². The molecule has 0 radical (unpaired) electrons. The number of aromatic amines is 1. The Morgan fingerprint density at radius 3 is 2.73 bits per heavy atom.